The number of carbonyl (C=O) groups is 1. The van der Waals surface area contributed by atoms with Gasteiger partial charge in [0, 0.05) is 30.2 Å². The Morgan fingerprint density at radius 2 is 1.67 bits per heavy atom. The number of rotatable bonds is 5. The molecular weight excluding hydrogens is 372 g/mol. The van der Waals surface area contributed by atoms with E-state index in [1.165, 1.54) is 11.3 Å². The van der Waals surface area contributed by atoms with Crippen LogP contribution in [-0.4, -0.2) is 22.2 Å². The summed E-state index contributed by atoms with van der Waals surface area (Å²) in [7, 11) is 0. The monoisotopic (exact) mass is 394 g/mol. The number of benzene rings is 3. The summed E-state index contributed by atoms with van der Waals surface area (Å²) in [5.41, 5.74) is 6.12. The average molecular weight is 394 g/mol. The smallest absolute Gasteiger partial charge is 0.255 e. The van der Waals surface area contributed by atoms with E-state index in [1.807, 2.05) is 59.4 Å². The molecule has 2 heterocycles. The molecular formula is C25H22N4O. The van der Waals surface area contributed by atoms with Gasteiger partial charge in [-0.2, -0.15) is 5.10 Å². The second kappa shape index (κ2) is 7.87. The van der Waals surface area contributed by atoms with Crippen molar-refractivity contribution in [3.63, 3.8) is 0 Å². The highest BCUT2D eigenvalue weighted by molar-refractivity contribution is 6.06. The van der Waals surface area contributed by atoms with Gasteiger partial charge in [0.1, 0.15) is 0 Å². The van der Waals surface area contributed by atoms with E-state index in [9.17, 15) is 4.79 Å². The normalized spacial score (nSPS) is 12.6. The second-order valence-electron chi connectivity index (χ2n) is 7.40. The third-order valence-electron chi connectivity index (χ3n) is 5.45. The van der Waals surface area contributed by atoms with Crippen LogP contribution in [0.15, 0.2) is 91.3 Å². The van der Waals surface area contributed by atoms with Crippen LogP contribution in [0.1, 0.15) is 21.5 Å². The summed E-state index contributed by atoms with van der Waals surface area (Å²) < 4.78 is 1.86. The van der Waals surface area contributed by atoms with E-state index in [0.29, 0.717) is 12.1 Å². The fraction of sp³-hybridized carbons (Fsp3) is 0.120. The van der Waals surface area contributed by atoms with Gasteiger partial charge in [0.25, 0.3) is 5.91 Å². The molecule has 0 fully saturated rings. The first-order chi connectivity index (χ1) is 14.8. The van der Waals surface area contributed by atoms with Crippen molar-refractivity contribution in [2.75, 3.05) is 16.8 Å². The Morgan fingerprint density at radius 3 is 2.47 bits per heavy atom. The zero-order valence-corrected chi connectivity index (χ0v) is 16.5. The van der Waals surface area contributed by atoms with Gasteiger partial charge in [-0.05, 0) is 53.9 Å². The van der Waals surface area contributed by atoms with Crippen molar-refractivity contribution in [2.45, 2.75) is 13.0 Å². The standard InChI is InChI=1S/C25H22N4O/c30-25(21-12-10-19(11-13-21)18-28-16-5-15-26-28)27-22-7-2-4-9-24(22)29-17-14-20-6-1-3-8-23(20)29/h1-13,15-16H,14,17-18H2,(H,27,30). The lowest BCUT2D eigenvalue weighted by Gasteiger charge is -2.23. The number of nitrogens with zero attached hydrogens (tertiary/aromatic N) is 3. The van der Waals surface area contributed by atoms with E-state index in [1.54, 1.807) is 6.20 Å². The maximum atomic E-state index is 12.9. The summed E-state index contributed by atoms with van der Waals surface area (Å²) >= 11 is 0. The average Bonchev–Trinajstić information content (AvgIpc) is 3.44. The number of hydrogen-bond acceptors (Lipinski definition) is 3. The summed E-state index contributed by atoms with van der Waals surface area (Å²) in [6, 6.07) is 26.0. The lowest BCUT2D eigenvalue weighted by molar-refractivity contribution is 0.102. The molecule has 1 aromatic heterocycles. The molecule has 0 aliphatic carbocycles. The summed E-state index contributed by atoms with van der Waals surface area (Å²) in [5.74, 6) is -0.111. The maximum Gasteiger partial charge on any atom is 0.255 e. The number of carbonyl (C=O) groups excluding carboxylic acids is 1. The van der Waals surface area contributed by atoms with Crippen molar-refractivity contribution in [1.29, 1.82) is 0 Å². The Kier molecular flexibility index (Phi) is 4.77. The molecule has 148 valence electrons. The molecule has 5 rings (SSSR count). The van der Waals surface area contributed by atoms with Gasteiger partial charge in [0.2, 0.25) is 0 Å². The van der Waals surface area contributed by atoms with Crippen molar-refractivity contribution in [1.82, 2.24) is 9.78 Å². The Morgan fingerprint density at radius 1 is 0.900 bits per heavy atom. The van der Waals surface area contributed by atoms with Crippen molar-refractivity contribution < 1.29 is 4.79 Å². The highest BCUT2D eigenvalue weighted by atomic mass is 16.1. The number of amides is 1. The van der Waals surface area contributed by atoms with E-state index in [0.717, 1.165) is 29.9 Å². The van der Waals surface area contributed by atoms with Crippen LogP contribution in [0, 0.1) is 0 Å². The molecule has 0 saturated carbocycles. The molecule has 0 atom stereocenters. The highest BCUT2D eigenvalue weighted by Gasteiger charge is 2.22. The Balaban J connectivity index is 1.35. The summed E-state index contributed by atoms with van der Waals surface area (Å²) in [4.78, 5) is 15.2. The molecule has 5 nitrogen and oxygen atoms in total. The second-order valence-corrected chi connectivity index (χ2v) is 7.40. The van der Waals surface area contributed by atoms with Gasteiger partial charge in [-0.1, -0.05) is 42.5 Å². The molecule has 5 heteroatoms. The molecule has 0 spiro atoms. The number of fused-ring (bicyclic) bond motifs is 1. The molecule has 0 saturated heterocycles. The number of hydrogen-bond donors (Lipinski definition) is 1. The lowest BCUT2D eigenvalue weighted by Crippen LogP contribution is -2.18. The van der Waals surface area contributed by atoms with Crippen LogP contribution in [0.3, 0.4) is 0 Å². The molecule has 0 bridgehead atoms. The third kappa shape index (κ3) is 3.57. The Bertz CT molecular complexity index is 1170. The van der Waals surface area contributed by atoms with Gasteiger partial charge < -0.3 is 10.2 Å². The van der Waals surface area contributed by atoms with Crippen LogP contribution in [0.4, 0.5) is 17.1 Å². The van der Waals surface area contributed by atoms with Crippen LogP contribution in [0.2, 0.25) is 0 Å². The summed E-state index contributed by atoms with van der Waals surface area (Å²) in [6.07, 6.45) is 4.70. The third-order valence-corrected chi connectivity index (χ3v) is 5.45. The Labute approximate surface area is 175 Å². The molecule has 3 aromatic carbocycles. The van der Waals surface area contributed by atoms with Crippen LogP contribution in [0.25, 0.3) is 0 Å². The SMILES string of the molecule is O=C(Nc1ccccc1N1CCc2ccccc21)c1ccc(Cn2cccn2)cc1. The fourth-order valence-electron chi connectivity index (χ4n) is 3.94. The minimum atomic E-state index is -0.111. The van der Waals surface area contributed by atoms with E-state index >= 15 is 0 Å². The quantitative estimate of drug-likeness (QED) is 0.525. The first-order valence-electron chi connectivity index (χ1n) is 10.1. The van der Waals surface area contributed by atoms with Crippen LogP contribution in [-0.2, 0) is 13.0 Å². The summed E-state index contributed by atoms with van der Waals surface area (Å²) in [6.45, 7) is 1.60. The largest absolute Gasteiger partial charge is 0.339 e. The molecule has 0 radical (unpaired) electrons. The molecule has 4 aromatic rings. The van der Waals surface area contributed by atoms with Crippen LogP contribution in [0.5, 0.6) is 0 Å². The van der Waals surface area contributed by atoms with Gasteiger partial charge in [-0.15, -0.1) is 0 Å². The van der Waals surface area contributed by atoms with Crippen LogP contribution < -0.4 is 10.2 Å². The van der Waals surface area contributed by atoms with Gasteiger partial charge in [0.05, 0.1) is 17.9 Å². The van der Waals surface area contributed by atoms with Crippen molar-refractivity contribution >= 4 is 23.0 Å². The van der Waals surface area contributed by atoms with Gasteiger partial charge >= 0.3 is 0 Å². The van der Waals surface area contributed by atoms with E-state index < -0.39 is 0 Å². The van der Waals surface area contributed by atoms with E-state index in [2.05, 4.69) is 45.6 Å². The van der Waals surface area contributed by atoms with Crippen molar-refractivity contribution in [2.24, 2.45) is 0 Å². The molecule has 1 aliphatic rings. The van der Waals surface area contributed by atoms with Gasteiger partial charge in [-0.25, -0.2) is 0 Å². The minimum absolute atomic E-state index is 0.111. The molecule has 30 heavy (non-hydrogen) atoms. The number of para-hydroxylation sites is 3. The fourth-order valence-corrected chi connectivity index (χ4v) is 3.94. The molecule has 1 N–H and O–H groups in total. The van der Waals surface area contributed by atoms with Crippen molar-refractivity contribution in [3.05, 3.63) is 108 Å². The lowest BCUT2D eigenvalue weighted by atomic mass is 10.1. The predicted molar refractivity (Wildman–Crippen MR) is 119 cm³/mol. The zero-order valence-electron chi connectivity index (χ0n) is 16.5. The first kappa shape index (κ1) is 18.2. The number of nitrogens with one attached hydrogen (secondary N) is 1. The molecule has 1 aliphatic heterocycles. The number of aromatic nitrogens is 2. The molecule has 0 unspecified atom stereocenters. The van der Waals surface area contributed by atoms with Crippen LogP contribution >= 0.6 is 0 Å². The zero-order chi connectivity index (χ0) is 20.3. The van der Waals surface area contributed by atoms with Gasteiger partial charge in [0.15, 0.2) is 0 Å². The first-order valence-corrected chi connectivity index (χ1v) is 10.1. The molecule has 1 amide bonds. The van der Waals surface area contributed by atoms with Crippen molar-refractivity contribution in [3.8, 4) is 0 Å². The van der Waals surface area contributed by atoms with E-state index in [-0.39, 0.29) is 5.91 Å². The minimum Gasteiger partial charge on any atom is -0.339 e. The predicted octanol–water partition coefficient (Wildman–Crippen LogP) is 4.88. The Hall–Kier alpha value is -3.86. The summed E-state index contributed by atoms with van der Waals surface area (Å²) in [5, 5.41) is 7.32. The highest BCUT2D eigenvalue weighted by Crippen LogP contribution is 2.38. The topological polar surface area (TPSA) is 50.2 Å². The van der Waals surface area contributed by atoms with Gasteiger partial charge in [-0.3, -0.25) is 9.48 Å². The van der Waals surface area contributed by atoms with E-state index in [4.69, 9.17) is 0 Å². The number of anilines is 3. The maximum absolute atomic E-state index is 12.9.